The molecular weight excluding hydrogens is 392 g/mol. The van der Waals surface area contributed by atoms with Crippen LogP contribution in [0, 0.1) is 0 Å². The van der Waals surface area contributed by atoms with Crippen LogP contribution in [0.3, 0.4) is 0 Å². The van der Waals surface area contributed by atoms with Crippen LogP contribution >= 0.6 is 11.8 Å². The zero-order chi connectivity index (χ0) is 21.2. The fourth-order valence-corrected chi connectivity index (χ4v) is 2.97. The number of carbonyl (C=O) groups excluding carboxylic acids is 3. The number of likely N-dealkylation sites (N-methyl/N-ethyl adjacent to an activating group) is 1. The van der Waals surface area contributed by atoms with Gasteiger partial charge in [-0.25, -0.2) is 4.79 Å². The Morgan fingerprint density at radius 2 is 1.76 bits per heavy atom. The monoisotopic (exact) mass is 416 g/mol. The smallest absolute Gasteiger partial charge is 0.338 e. The molecule has 0 aromatic heterocycles. The maximum absolute atomic E-state index is 12.2. The van der Waals surface area contributed by atoms with Crippen LogP contribution < -0.4 is 10.1 Å². The summed E-state index contributed by atoms with van der Waals surface area (Å²) in [6.45, 7) is 1.80. The molecule has 8 heteroatoms. The number of para-hydroxylation sites is 1. The summed E-state index contributed by atoms with van der Waals surface area (Å²) in [6.07, 6.45) is 1.92. The third-order valence-electron chi connectivity index (χ3n) is 3.92. The molecule has 0 fully saturated rings. The summed E-state index contributed by atoms with van der Waals surface area (Å²) in [7, 11) is 1.48. The fraction of sp³-hybridized carbons (Fsp3) is 0.286. The molecule has 2 aromatic rings. The van der Waals surface area contributed by atoms with E-state index in [1.54, 1.807) is 30.3 Å². The summed E-state index contributed by atoms with van der Waals surface area (Å²) in [5.74, 6) is -0.778. The van der Waals surface area contributed by atoms with Gasteiger partial charge in [0.05, 0.1) is 24.4 Å². The predicted octanol–water partition coefficient (Wildman–Crippen LogP) is 3.06. The molecule has 29 heavy (non-hydrogen) atoms. The van der Waals surface area contributed by atoms with Gasteiger partial charge in [0.2, 0.25) is 5.91 Å². The molecule has 154 valence electrons. The van der Waals surface area contributed by atoms with E-state index in [0.29, 0.717) is 23.6 Å². The number of rotatable bonds is 9. The largest absolute Gasteiger partial charge is 0.494 e. The maximum atomic E-state index is 12.2. The van der Waals surface area contributed by atoms with Crippen molar-refractivity contribution in [1.82, 2.24) is 4.90 Å². The molecule has 0 aliphatic heterocycles. The molecule has 0 heterocycles. The van der Waals surface area contributed by atoms with Crippen LogP contribution in [0.1, 0.15) is 17.3 Å². The lowest BCUT2D eigenvalue weighted by atomic mass is 10.2. The van der Waals surface area contributed by atoms with Gasteiger partial charge in [-0.05, 0) is 49.6 Å². The van der Waals surface area contributed by atoms with Crippen molar-refractivity contribution < 1.29 is 23.9 Å². The highest BCUT2D eigenvalue weighted by Gasteiger charge is 2.16. The number of thioether (sulfide) groups is 1. The van der Waals surface area contributed by atoms with E-state index >= 15 is 0 Å². The van der Waals surface area contributed by atoms with Crippen molar-refractivity contribution in [3.8, 4) is 5.75 Å². The number of hydrogen-bond acceptors (Lipinski definition) is 6. The number of ether oxygens (including phenoxy) is 2. The Bertz CT molecular complexity index is 854. The predicted molar refractivity (Wildman–Crippen MR) is 112 cm³/mol. The Kier molecular flexibility index (Phi) is 8.54. The number of carbonyl (C=O) groups is 3. The zero-order valence-corrected chi connectivity index (χ0v) is 17.5. The van der Waals surface area contributed by atoms with Gasteiger partial charge in [0, 0.05) is 11.9 Å². The van der Waals surface area contributed by atoms with Gasteiger partial charge in [0.15, 0.2) is 6.61 Å². The average Bonchev–Trinajstić information content (AvgIpc) is 2.72. The molecule has 0 saturated heterocycles. The summed E-state index contributed by atoms with van der Waals surface area (Å²) in [4.78, 5) is 38.6. The third-order valence-corrected chi connectivity index (χ3v) is 4.71. The number of amides is 2. The third kappa shape index (κ3) is 6.83. The molecule has 0 aliphatic rings. The minimum Gasteiger partial charge on any atom is -0.494 e. The van der Waals surface area contributed by atoms with Crippen LogP contribution in [0.4, 0.5) is 5.69 Å². The van der Waals surface area contributed by atoms with Crippen LogP contribution in [0.15, 0.2) is 53.4 Å². The molecule has 2 amide bonds. The van der Waals surface area contributed by atoms with Crippen LogP contribution in [0.5, 0.6) is 5.75 Å². The van der Waals surface area contributed by atoms with E-state index in [-0.39, 0.29) is 12.5 Å². The van der Waals surface area contributed by atoms with E-state index in [2.05, 4.69) is 5.32 Å². The summed E-state index contributed by atoms with van der Waals surface area (Å²) < 4.78 is 10.4. The zero-order valence-electron chi connectivity index (χ0n) is 16.6. The summed E-state index contributed by atoms with van der Waals surface area (Å²) in [5, 5.41) is 2.78. The van der Waals surface area contributed by atoms with Crippen molar-refractivity contribution in [2.45, 2.75) is 11.8 Å². The Labute approximate surface area is 174 Å². The van der Waals surface area contributed by atoms with Crippen LogP contribution in [0.2, 0.25) is 0 Å². The Morgan fingerprint density at radius 3 is 2.41 bits per heavy atom. The van der Waals surface area contributed by atoms with Gasteiger partial charge >= 0.3 is 5.97 Å². The van der Waals surface area contributed by atoms with Gasteiger partial charge in [-0.2, -0.15) is 0 Å². The molecule has 1 N–H and O–H groups in total. The van der Waals surface area contributed by atoms with Crippen molar-refractivity contribution in [2.24, 2.45) is 0 Å². The quantitative estimate of drug-likeness (QED) is 0.500. The Hall–Kier alpha value is -3.00. The van der Waals surface area contributed by atoms with Gasteiger partial charge in [-0.15, -0.1) is 11.8 Å². The minimum absolute atomic E-state index is 0.151. The Balaban J connectivity index is 1.82. The molecule has 7 nitrogen and oxygen atoms in total. The lowest BCUT2D eigenvalue weighted by molar-refractivity contribution is -0.136. The van der Waals surface area contributed by atoms with E-state index in [1.165, 1.54) is 23.7 Å². The van der Waals surface area contributed by atoms with Gasteiger partial charge < -0.3 is 19.7 Å². The van der Waals surface area contributed by atoms with E-state index < -0.39 is 18.5 Å². The van der Waals surface area contributed by atoms with E-state index in [0.717, 1.165) is 4.90 Å². The number of hydrogen-bond donors (Lipinski definition) is 1. The molecular formula is C21H24N2O5S. The van der Waals surface area contributed by atoms with Gasteiger partial charge in [0.25, 0.3) is 5.91 Å². The van der Waals surface area contributed by atoms with Crippen LogP contribution in [0.25, 0.3) is 0 Å². The molecule has 2 aromatic carbocycles. The van der Waals surface area contributed by atoms with Crippen LogP contribution in [-0.4, -0.2) is 55.7 Å². The van der Waals surface area contributed by atoms with Gasteiger partial charge in [0.1, 0.15) is 5.75 Å². The molecule has 2 rings (SSSR count). The van der Waals surface area contributed by atoms with Gasteiger partial charge in [-0.1, -0.05) is 12.1 Å². The van der Waals surface area contributed by atoms with E-state index in [9.17, 15) is 14.4 Å². The van der Waals surface area contributed by atoms with Crippen molar-refractivity contribution >= 4 is 35.2 Å². The molecule has 0 bridgehead atoms. The van der Waals surface area contributed by atoms with Crippen molar-refractivity contribution in [2.75, 3.05) is 38.4 Å². The van der Waals surface area contributed by atoms with E-state index in [4.69, 9.17) is 9.47 Å². The van der Waals surface area contributed by atoms with Crippen molar-refractivity contribution in [1.29, 1.82) is 0 Å². The minimum atomic E-state index is -0.617. The maximum Gasteiger partial charge on any atom is 0.338 e. The second kappa shape index (κ2) is 11.1. The number of benzene rings is 2. The number of nitrogens with one attached hydrogen (secondary N) is 1. The average molecular weight is 416 g/mol. The second-order valence-corrected chi connectivity index (χ2v) is 6.88. The first-order valence-corrected chi connectivity index (χ1v) is 10.2. The molecule has 0 spiro atoms. The summed E-state index contributed by atoms with van der Waals surface area (Å²) >= 11 is 1.51. The molecule has 0 radical (unpaired) electrons. The highest BCUT2D eigenvalue weighted by atomic mass is 32.2. The lowest BCUT2D eigenvalue weighted by Crippen LogP contribution is -2.37. The SMILES string of the molecule is CCOc1ccc(C(=O)OCC(=O)N(C)CC(=O)Nc2ccccc2SC)cc1. The number of nitrogens with zero attached hydrogens (tertiary/aromatic N) is 1. The number of esters is 1. The van der Waals surface area contributed by atoms with Crippen molar-refractivity contribution in [3.63, 3.8) is 0 Å². The molecule has 0 atom stereocenters. The van der Waals surface area contributed by atoms with Crippen LogP contribution in [-0.2, 0) is 14.3 Å². The normalized spacial score (nSPS) is 10.2. The molecule has 0 aliphatic carbocycles. The standard InChI is InChI=1S/C21H24N2O5S/c1-4-27-16-11-9-15(10-12-16)21(26)28-14-20(25)23(2)13-19(24)22-17-7-5-6-8-18(17)29-3/h5-12H,4,13-14H2,1-3H3,(H,22,24). The van der Waals surface area contributed by atoms with Gasteiger partial charge in [-0.3, -0.25) is 9.59 Å². The summed E-state index contributed by atoms with van der Waals surface area (Å²) in [5.41, 5.74) is 1.00. The first-order chi connectivity index (χ1) is 13.9. The fourth-order valence-electron chi connectivity index (χ4n) is 2.42. The second-order valence-electron chi connectivity index (χ2n) is 6.03. The number of anilines is 1. The highest BCUT2D eigenvalue weighted by molar-refractivity contribution is 7.98. The van der Waals surface area contributed by atoms with Crippen molar-refractivity contribution in [3.05, 3.63) is 54.1 Å². The topological polar surface area (TPSA) is 84.9 Å². The molecule has 0 saturated carbocycles. The first kappa shape index (κ1) is 22.3. The van der Waals surface area contributed by atoms with E-state index in [1.807, 2.05) is 31.4 Å². The Morgan fingerprint density at radius 1 is 1.07 bits per heavy atom. The molecule has 0 unspecified atom stereocenters. The first-order valence-electron chi connectivity index (χ1n) is 9.01. The highest BCUT2D eigenvalue weighted by Crippen LogP contribution is 2.24. The summed E-state index contributed by atoms with van der Waals surface area (Å²) in [6, 6.07) is 13.9. The lowest BCUT2D eigenvalue weighted by Gasteiger charge is -2.17.